The van der Waals surface area contributed by atoms with Crippen molar-refractivity contribution in [1.29, 1.82) is 0 Å². The number of hydrogen-bond acceptors (Lipinski definition) is 2. The molecule has 0 saturated heterocycles. The van der Waals surface area contributed by atoms with E-state index in [1.807, 2.05) is 12.1 Å². The molecular formula is C15H17BrFNS. The highest BCUT2D eigenvalue weighted by Gasteiger charge is 2.15. The summed E-state index contributed by atoms with van der Waals surface area (Å²) in [6, 6.07) is 9.12. The fraction of sp³-hybridized carbons (Fsp3) is 0.333. The van der Waals surface area contributed by atoms with Crippen molar-refractivity contribution in [3.05, 3.63) is 56.4 Å². The SMILES string of the molecule is CC(C)C(NCc1csc(Br)c1)c1ccc(F)cc1. The number of hydrogen-bond donors (Lipinski definition) is 1. The molecule has 1 unspecified atom stereocenters. The lowest BCUT2D eigenvalue weighted by atomic mass is 9.96. The number of benzene rings is 1. The van der Waals surface area contributed by atoms with Crippen LogP contribution in [0.3, 0.4) is 0 Å². The van der Waals surface area contributed by atoms with Gasteiger partial charge in [-0.15, -0.1) is 11.3 Å². The molecule has 0 bridgehead atoms. The maximum atomic E-state index is 13.0. The Kier molecular flexibility index (Phi) is 5.13. The van der Waals surface area contributed by atoms with E-state index in [0.717, 1.165) is 15.9 Å². The van der Waals surface area contributed by atoms with Gasteiger partial charge in [0.05, 0.1) is 3.79 Å². The van der Waals surface area contributed by atoms with Gasteiger partial charge in [0.25, 0.3) is 0 Å². The average Bonchev–Trinajstić information content (AvgIpc) is 2.77. The van der Waals surface area contributed by atoms with Crippen molar-refractivity contribution >= 4 is 27.3 Å². The predicted octanol–water partition coefficient (Wildman–Crippen LogP) is 5.14. The number of thiophene rings is 1. The van der Waals surface area contributed by atoms with Gasteiger partial charge in [-0.2, -0.15) is 0 Å². The van der Waals surface area contributed by atoms with Gasteiger partial charge in [-0.1, -0.05) is 26.0 Å². The van der Waals surface area contributed by atoms with E-state index in [9.17, 15) is 4.39 Å². The summed E-state index contributed by atoms with van der Waals surface area (Å²) in [5.74, 6) is 0.264. The summed E-state index contributed by atoms with van der Waals surface area (Å²) in [4.78, 5) is 0. The van der Waals surface area contributed by atoms with Gasteiger partial charge in [0.2, 0.25) is 0 Å². The Bertz CT molecular complexity index is 521. The predicted molar refractivity (Wildman–Crippen MR) is 82.8 cm³/mol. The second-order valence-corrected chi connectivity index (χ2v) is 7.20. The Hall–Kier alpha value is -0.710. The first-order chi connectivity index (χ1) is 9.06. The summed E-state index contributed by atoms with van der Waals surface area (Å²) < 4.78 is 14.1. The van der Waals surface area contributed by atoms with Crippen molar-refractivity contribution in [1.82, 2.24) is 5.32 Å². The third-order valence-corrected chi connectivity index (χ3v) is 4.60. The normalized spacial score (nSPS) is 12.9. The molecule has 1 aromatic carbocycles. The van der Waals surface area contributed by atoms with Gasteiger partial charge < -0.3 is 5.32 Å². The van der Waals surface area contributed by atoms with Gasteiger partial charge in [0.1, 0.15) is 5.82 Å². The quantitative estimate of drug-likeness (QED) is 0.794. The zero-order chi connectivity index (χ0) is 13.8. The van der Waals surface area contributed by atoms with Crippen molar-refractivity contribution in [2.45, 2.75) is 26.4 Å². The molecule has 1 heterocycles. The maximum absolute atomic E-state index is 13.0. The molecule has 2 aromatic rings. The lowest BCUT2D eigenvalue weighted by molar-refractivity contribution is 0.410. The Morgan fingerprint density at radius 1 is 1.26 bits per heavy atom. The average molecular weight is 342 g/mol. The van der Waals surface area contributed by atoms with E-state index in [4.69, 9.17) is 0 Å². The van der Waals surface area contributed by atoms with E-state index >= 15 is 0 Å². The molecule has 102 valence electrons. The minimum atomic E-state index is -0.187. The highest BCUT2D eigenvalue weighted by molar-refractivity contribution is 9.11. The van der Waals surface area contributed by atoms with Crippen LogP contribution < -0.4 is 5.32 Å². The summed E-state index contributed by atoms with van der Waals surface area (Å²) in [6.07, 6.45) is 0. The van der Waals surface area contributed by atoms with Crippen molar-refractivity contribution in [2.24, 2.45) is 5.92 Å². The number of rotatable bonds is 5. The molecule has 0 amide bonds. The van der Waals surface area contributed by atoms with Crippen LogP contribution in [-0.2, 0) is 6.54 Å². The third kappa shape index (κ3) is 4.13. The zero-order valence-corrected chi connectivity index (χ0v) is 13.4. The van der Waals surface area contributed by atoms with E-state index in [1.165, 1.54) is 17.7 Å². The Morgan fingerprint density at radius 2 is 1.95 bits per heavy atom. The van der Waals surface area contributed by atoms with Crippen molar-refractivity contribution in [2.75, 3.05) is 0 Å². The molecule has 0 aliphatic carbocycles. The summed E-state index contributed by atoms with van der Waals surface area (Å²) in [5.41, 5.74) is 2.40. The van der Waals surface area contributed by atoms with Crippen LogP contribution in [0.2, 0.25) is 0 Å². The number of nitrogens with one attached hydrogen (secondary N) is 1. The monoisotopic (exact) mass is 341 g/mol. The van der Waals surface area contributed by atoms with E-state index in [1.54, 1.807) is 11.3 Å². The van der Waals surface area contributed by atoms with Gasteiger partial charge in [0.15, 0.2) is 0 Å². The van der Waals surface area contributed by atoms with Crippen LogP contribution in [0.5, 0.6) is 0 Å². The van der Waals surface area contributed by atoms with Crippen LogP contribution >= 0.6 is 27.3 Å². The second kappa shape index (κ2) is 6.64. The lowest BCUT2D eigenvalue weighted by Gasteiger charge is -2.23. The van der Waals surface area contributed by atoms with Gasteiger partial charge >= 0.3 is 0 Å². The summed E-state index contributed by atoms with van der Waals surface area (Å²) in [7, 11) is 0. The first-order valence-electron chi connectivity index (χ1n) is 6.28. The summed E-state index contributed by atoms with van der Waals surface area (Å²) in [5, 5.41) is 5.69. The minimum absolute atomic E-state index is 0.187. The molecule has 0 aliphatic heterocycles. The lowest BCUT2D eigenvalue weighted by Crippen LogP contribution is -2.25. The molecule has 0 radical (unpaired) electrons. The van der Waals surface area contributed by atoms with Crippen molar-refractivity contribution in [3.8, 4) is 0 Å². The standard InChI is InChI=1S/C15H17BrFNS/c1-10(2)15(12-3-5-13(17)6-4-12)18-8-11-7-14(16)19-9-11/h3-7,9-10,15,18H,8H2,1-2H3. The fourth-order valence-electron chi connectivity index (χ4n) is 2.07. The van der Waals surface area contributed by atoms with Crippen molar-refractivity contribution < 1.29 is 4.39 Å². The van der Waals surface area contributed by atoms with E-state index in [2.05, 4.69) is 46.5 Å². The van der Waals surface area contributed by atoms with E-state index in [-0.39, 0.29) is 11.9 Å². The van der Waals surface area contributed by atoms with Gasteiger partial charge in [-0.05, 0) is 56.6 Å². The van der Waals surface area contributed by atoms with Gasteiger partial charge in [-0.3, -0.25) is 0 Å². The molecule has 0 aliphatic rings. The van der Waals surface area contributed by atoms with Crippen LogP contribution in [0.1, 0.15) is 31.0 Å². The smallest absolute Gasteiger partial charge is 0.123 e. The Morgan fingerprint density at radius 3 is 2.47 bits per heavy atom. The van der Waals surface area contributed by atoms with Crippen molar-refractivity contribution in [3.63, 3.8) is 0 Å². The molecule has 1 atom stereocenters. The van der Waals surface area contributed by atoms with Crippen LogP contribution in [0, 0.1) is 11.7 Å². The highest BCUT2D eigenvalue weighted by Crippen LogP contribution is 2.24. The molecule has 0 saturated carbocycles. The van der Waals surface area contributed by atoms with Gasteiger partial charge in [-0.25, -0.2) is 4.39 Å². The Balaban J connectivity index is 2.06. The largest absolute Gasteiger partial charge is 0.306 e. The highest BCUT2D eigenvalue weighted by atomic mass is 79.9. The molecular weight excluding hydrogens is 325 g/mol. The first kappa shape index (κ1) is 14.7. The van der Waals surface area contributed by atoms with Crippen LogP contribution in [-0.4, -0.2) is 0 Å². The summed E-state index contributed by atoms with van der Waals surface area (Å²) in [6.45, 7) is 5.16. The van der Waals surface area contributed by atoms with Crippen LogP contribution in [0.25, 0.3) is 0 Å². The molecule has 0 spiro atoms. The molecule has 1 N–H and O–H groups in total. The van der Waals surface area contributed by atoms with Gasteiger partial charge in [0, 0.05) is 12.6 Å². The van der Waals surface area contributed by atoms with E-state index in [0.29, 0.717) is 5.92 Å². The summed E-state index contributed by atoms with van der Waals surface area (Å²) >= 11 is 5.16. The van der Waals surface area contributed by atoms with Crippen LogP contribution in [0.15, 0.2) is 39.5 Å². The minimum Gasteiger partial charge on any atom is -0.306 e. The second-order valence-electron chi connectivity index (χ2n) is 4.91. The maximum Gasteiger partial charge on any atom is 0.123 e. The molecule has 1 aromatic heterocycles. The molecule has 1 nitrogen and oxygen atoms in total. The number of halogens is 2. The topological polar surface area (TPSA) is 12.0 Å². The van der Waals surface area contributed by atoms with Crippen LogP contribution in [0.4, 0.5) is 4.39 Å². The first-order valence-corrected chi connectivity index (χ1v) is 7.95. The third-order valence-electron chi connectivity index (χ3n) is 3.04. The molecule has 0 fully saturated rings. The molecule has 19 heavy (non-hydrogen) atoms. The molecule has 2 rings (SSSR count). The Labute approximate surface area is 126 Å². The van der Waals surface area contributed by atoms with E-state index < -0.39 is 0 Å². The zero-order valence-electron chi connectivity index (χ0n) is 11.0. The molecule has 4 heteroatoms. The fourth-order valence-corrected chi connectivity index (χ4v) is 3.28.